The van der Waals surface area contributed by atoms with Crippen LogP contribution in [0, 0.1) is 18.6 Å². The lowest BCUT2D eigenvalue weighted by molar-refractivity contribution is 0.491. The second-order valence-electron chi connectivity index (χ2n) is 5.19. The van der Waals surface area contributed by atoms with E-state index in [2.05, 4.69) is 24.3 Å². The van der Waals surface area contributed by atoms with Gasteiger partial charge in [0.1, 0.15) is 0 Å². The zero-order chi connectivity index (χ0) is 14.7. The number of nitrogens with zero attached hydrogens (tertiary/aromatic N) is 2. The van der Waals surface area contributed by atoms with Crippen molar-refractivity contribution in [1.82, 2.24) is 15.1 Å². The summed E-state index contributed by atoms with van der Waals surface area (Å²) in [5.74, 6) is -1.63. The molecule has 5 heteroatoms. The molecule has 0 spiro atoms. The average molecular weight is 279 g/mol. The van der Waals surface area contributed by atoms with Crippen LogP contribution in [0.4, 0.5) is 8.78 Å². The third kappa shape index (κ3) is 3.42. The quantitative estimate of drug-likeness (QED) is 0.911. The topological polar surface area (TPSA) is 29.9 Å². The molecule has 2 rings (SSSR count). The first-order chi connectivity index (χ1) is 9.47. The summed E-state index contributed by atoms with van der Waals surface area (Å²) < 4.78 is 28.4. The van der Waals surface area contributed by atoms with E-state index in [0.29, 0.717) is 11.6 Å². The van der Waals surface area contributed by atoms with Crippen molar-refractivity contribution >= 4 is 0 Å². The Morgan fingerprint density at radius 1 is 1.25 bits per heavy atom. The van der Waals surface area contributed by atoms with Crippen LogP contribution in [0.3, 0.4) is 0 Å². The van der Waals surface area contributed by atoms with E-state index >= 15 is 0 Å². The van der Waals surface area contributed by atoms with E-state index in [9.17, 15) is 8.78 Å². The molecule has 0 aliphatic carbocycles. The first kappa shape index (κ1) is 14.7. The molecule has 1 N–H and O–H groups in total. The molecule has 1 aromatic heterocycles. The van der Waals surface area contributed by atoms with Gasteiger partial charge in [0, 0.05) is 29.9 Å². The lowest BCUT2D eigenvalue weighted by Crippen LogP contribution is -2.21. The minimum atomic E-state index is -0.826. The molecule has 0 unspecified atom stereocenters. The van der Waals surface area contributed by atoms with Crippen molar-refractivity contribution in [2.24, 2.45) is 0 Å². The van der Waals surface area contributed by atoms with Crippen LogP contribution in [0.2, 0.25) is 0 Å². The third-order valence-electron chi connectivity index (χ3n) is 3.11. The molecule has 108 valence electrons. The molecule has 0 atom stereocenters. The molecular formula is C15H19F2N3. The highest BCUT2D eigenvalue weighted by Gasteiger charge is 2.10. The van der Waals surface area contributed by atoms with Crippen LogP contribution in [-0.4, -0.2) is 15.8 Å². The lowest BCUT2D eigenvalue weighted by Gasteiger charge is -2.06. The van der Waals surface area contributed by atoms with Gasteiger partial charge in [0.15, 0.2) is 11.6 Å². The Kier molecular flexibility index (Phi) is 4.49. The van der Waals surface area contributed by atoms with E-state index in [1.807, 2.05) is 13.1 Å². The molecular weight excluding hydrogens is 260 g/mol. The summed E-state index contributed by atoms with van der Waals surface area (Å²) in [6.07, 6.45) is 1.87. The van der Waals surface area contributed by atoms with Gasteiger partial charge in [-0.3, -0.25) is 4.68 Å². The average Bonchev–Trinajstić information content (AvgIpc) is 2.73. The highest BCUT2D eigenvalue weighted by Crippen LogP contribution is 2.14. The molecule has 2 aromatic rings. The minimum Gasteiger partial charge on any atom is -0.310 e. The zero-order valence-corrected chi connectivity index (χ0v) is 12.0. The van der Waals surface area contributed by atoms with Crippen LogP contribution < -0.4 is 5.32 Å². The SMILES string of the molecule is Cc1nn(Cc2cccc(F)c2F)cc1CNC(C)C. The van der Waals surface area contributed by atoms with Gasteiger partial charge in [-0.05, 0) is 13.0 Å². The Labute approximate surface area is 117 Å². The standard InChI is InChI=1S/C15H19F2N3/c1-10(2)18-7-13-9-20(19-11(13)3)8-12-5-4-6-14(16)15(12)17/h4-6,9-10,18H,7-8H2,1-3H3. The second-order valence-corrected chi connectivity index (χ2v) is 5.19. The fourth-order valence-electron chi connectivity index (χ4n) is 1.97. The first-order valence-corrected chi connectivity index (χ1v) is 6.66. The maximum Gasteiger partial charge on any atom is 0.163 e. The summed E-state index contributed by atoms with van der Waals surface area (Å²) >= 11 is 0. The van der Waals surface area contributed by atoms with Crippen molar-refractivity contribution < 1.29 is 8.78 Å². The number of halogens is 2. The number of benzene rings is 1. The molecule has 3 nitrogen and oxygen atoms in total. The summed E-state index contributed by atoms with van der Waals surface area (Å²) in [5.41, 5.74) is 2.27. The lowest BCUT2D eigenvalue weighted by atomic mass is 10.2. The fourth-order valence-corrected chi connectivity index (χ4v) is 1.97. The maximum absolute atomic E-state index is 13.6. The van der Waals surface area contributed by atoms with E-state index < -0.39 is 11.6 Å². The van der Waals surface area contributed by atoms with Gasteiger partial charge in [-0.15, -0.1) is 0 Å². The molecule has 0 radical (unpaired) electrons. The minimum absolute atomic E-state index is 0.228. The van der Waals surface area contributed by atoms with Gasteiger partial charge >= 0.3 is 0 Å². The van der Waals surface area contributed by atoms with Gasteiger partial charge in [-0.25, -0.2) is 8.78 Å². The van der Waals surface area contributed by atoms with E-state index in [1.165, 1.54) is 6.07 Å². The Morgan fingerprint density at radius 3 is 2.70 bits per heavy atom. The Morgan fingerprint density at radius 2 is 2.00 bits per heavy atom. The first-order valence-electron chi connectivity index (χ1n) is 6.66. The van der Waals surface area contributed by atoms with E-state index in [-0.39, 0.29) is 6.54 Å². The van der Waals surface area contributed by atoms with Crippen LogP contribution in [0.25, 0.3) is 0 Å². The number of hydrogen-bond acceptors (Lipinski definition) is 2. The van der Waals surface area contributed by atoms with Crippen molar-refractivity contribution in [1.29, 1.82) is 0 Å². The fraction of sp³-hybridized carbons (Fsp3) is 0.400. The van der Waals surface area contributed by atoms with Gasteiger partial charge in [0.05, 0.1) is 12.2 Å². The smallest absolute Gasteiger partial charge is 0.163 e. The Bertz CT molecular complexity index is 591. The van der Waals surface area contributed by atoms with Crippen molar-refractivity contribution in [2.75, 3.05) is 0 Å². The molecule has 0 saturated heterocycles. The van der Waals surface area contributed by atoms with Gasteiger partial charge < -0.3 is 5.32 Å². The third-order valence-corrected chi connectivity index (χ3v) is 3.11. The van der Waals surface area contributed by atoms with Crippen molar-refractivity contribution in [3.8, 4) is 0 Å². The highest BCUT2D eigenvalue weighted by molar-refractivity contribution is 5.21. The Hall–Kier alpha value is -1.75. The second kappa shape index (κ2) is 6.13. The largest absolute Gasteiger partial charge is 0.310 e. The van der Waals surface area contributed by atoms with Gasteiger partial charge in [0.25, 0.3) is 0 Å². The monoisotopic (exact) mass is 279 g/mol. The maximum atomic E-state index is 13.6. The van der Waals surface area contributed by atoms with Crippen LogP contribution in [0.1, 0.15) is 30.7 Å². The van der Waals surface area contributed by atoms with Gasteiger partial charge in [-0.2, -0.15) is 5.10 Å². The number of hydrogen-bond donors (Lipinski definition) is 1. The van der Waals surface area contributed by atoms with Crippen molar-refractivity contribution in [3.63, 3.8) is 0 Å². The van der Waals surface area contributed by atoms with Gasteiger partial charge in [0.2, 0.25) is 0 Å². The molecule has 1 aromatic carbocycles. The number of aromatic nitrogens is 2. The molecule has 0 fully saturated rings. The van der Waals surface area contributed by atoms with E-state index in [1.54, 1.807) is 10.7 Å². The molecule has 0 amide bonds. The van der Waals surface area contributed by atoms with Crippen LogP contribution in [0.15, 0.2) is 24.4 Å². The zero-order valence-electron chi connectivity index (χ0n) is 12.0. The molecule has 0 bridgehead atoms. The van der Waals surface area contributed by atoms with Crippen molar-refractivity contribution in [3.05, 3.63) is 52.9 Å². The van der Waals surface area contributed by atoms with Crippen LogP contribution in [-0.2, 0) is 13.1 Å². The molecule has 0 aliphatic heterocycles. The molecule has 0 aliphatic rings. The molecule has 1 heterocycles. The number of rotatable bonds is 5. The summed E-state index contributed by atoms with van der Waals surface area (Å²) in [6, 6.07) is 4.58. The normalized spacial score (nSPS) is 11.3. The molecule has 20 heavy (non-hydrogen) atoms. The summed E-state index contributed by atoms with van der Waals surface area (Å²) in [7, 11) is 0. The molecule has 0 saturated carbocycles. The van der Waals surface area contributed by atoms with E-state index in [0.717, 1.165) is 23.9 Å². The Balaban J connectivity index is 2.14. The summed E-state index contributed by atoms with van der Waals surface area (Å²) in [5, 5.41) is 7.66. The van der Waals surface area contributed by atoms with E-state index in [4.69, 9.17) is 0 Å². The number of nitrogens with one attached hydrogen (secondary N) is 1. The number of aryl methyl sites for hydroxylation is 1. The van der Waals surface area contributed by atoms with Gasteiger partial charge in [-0.1, -0.05) is 26.0 Å². The van der Waals surface area contributed by atoms with Crippen LogP contribution >= 0.6 is 0 Å². The van der Waals surface area contributed by atoms with Crippen LogP contribution in [0.5, 0.6) is 0 Å². The predicted molar refractivity (Wildman–Crippen MR) is 74.4 cm³/mol. The summed E-state index contributed by atoms with van der Waals surface area (Å²) in [4.78, 5) is 0. The highest BCUT2D eigenvalue weighted by atomic mass is 19.2. The summed E-state index contributed by atoms with van der Waals surface area (Å²) in [6.45, 7) is 7.00. The predicted octanol–water partition coefficient (Wildman–Crippen LogP) is 3.02. The van der Waals surface area contributed by atoms with Crippen molar-refractivity contribution in [2.45, 2.75) is 39.9 Å².